The van der Waals surface area contributed by atoms with Crippen LogP contribution in [0.1, 0.15) is 39.5 Å². The Morgan fingerprint density at radius 1 is 1.27 bits per heavy atom. The first-order valence-corrected chi connectivity index (χ1v) is 4.34. The van der Waals surface area contributed by atoms with Crippen LogP contribution in [-0.2, 0) is 0 Å². The minimum atomic E-state index is 0.284. The van der Waals surface area contributed by atoms with Gasteiger partial charge < -0.3 is 10.8 Å². The summed E-state index contributed by atoms with van der Waals surface area (Å²) in [5.74, 6) is 0.284. The average Bonchev–Trinajstić information content (AvgIpc) is 2.02. The van der Waals surface area contributed by atoms with Gasteiger partial charge in [0.1, 0.15) is 0 Å². The van der Waals surface area contributed by atoms with E-state index in [4.69, 9.17) is 10.8 Å². The van der Waals surface area contributed by atoms with Gasteiger partial charge in [-0.25, -0.2) is 0 Å². The topological polar surface area (TPSA) is 46.2 Å². The summed E-state index contributed by atoms with van der Waals surface area (Å²) in [7, 11) is 0. The zero-order valence-corrected chi connectivity index (χ0v) is 7.77. The van der Waals surface area contributed by atoms with Crippen molar-refractivity contribution in [1.29, 1.82) is 0 Å². The molecule has 0 atom stereocenters. The molecule has 0 fully saturated rings. The zero-order chi connectivity index (χ0) is 9.11. The summed E-state index contributed by atoms with van der Waals surface area (Å²) in [4.78, 5) is 0. The molecule has 0 aromatic carbocycles. The van der Waals surface area contributed by atoms with Crippen LogP contribution < -0.4 is 5.73 Å². The predicted molar refractivity (Wildman–Crippen MR) is 50.6 cm³/mol. The number of nitrogens with two attached hydrogens (primary N) is 1. The van der Waals surface area contributed by atoms with Gasteiger partial charge in [-0.3, -0.25) is 0 Å². The third-order valence-corrected chi connectivity index (χ3v) is 1.17. The Balaban J connectivity index is 0. The maximum absolute atomic E-state index is 8.63. The molecule has 11 heavy (non-hydrogen) atoms. The SMILES string of the molecule is C=C(O)CCCCCN.CC. The van der Waals surface area contributed by atoms with Crippen LogP contribution in [0.5, 0.6) is 0 Å². The van der Waals surface area contributed by atoms with Crippen LogP contribution in [-0.4, -0.2) is 11.7 Å². The average molecular weight is 159 g/mol. The molecule has 2 heteroatoms. The summed E-state index contributed by atoms with van der Waals surface area (Å²) < 4.78 is 0. The number of hydrogen-bond acceptors (Lipinski definition) is 2. The molecule has 0 aromatic rings. The van der Waals surface area contributed by atoms with Crippen molar-refractivity contribution in [3.8, 4) is 0 Å². The summed E-state index contributed by atoms with van der Waals surface area (Å²) >= 11 is 0. The molecule has 0 aliphatic heterocycles. The van der Waals surface area contributed by atoms with Crippen LogP contribution in [0.2, 0.25) is 0 Å². The number of rotatable bonds is 5. The monoisotopic (exact) mass is 159 g/mol. The highest BCUT2D eigenvalue weighted by molar-refractivity contribution is 4.77. The van der Waals surface area contributed by atoms with Crippen molar-refractivity contribution in [1.82, 2.24) is 0 Å². The van der Waals surface area contributed by atoms with Gasteiger partial charge in [0, 0.05) is 6.42 Å². The van der Waals surface area contributed by atoms with Crippen molar-refractivity contribution < 1.29 is 5.11 Å². The Morgan fingerprint density at radius 3 is 2.18 bits per heavy atom. The first-order chi connectivity index (χ1) is 5.27. The molecule has 0 heterocycles. The van der Waals surface area contributed by atoms with Gasteiger partial charge in [-0.2, -0.15) is 0 Å². The molecule has 2 nitrogen and oxygen atoms in total. The van der Waals surface area contributed by atoms with Gasteiger partial charge >= 0.3 is 0 Å². The van der Waals surface area contributed by atoms with E-state index in [2.05, 4.69) is 6.58 Å². The van der Waals surface area contributed by atoms with Crippen LogP contribution >= 0.6 is 0 Å². The van der Waals surface area contributed by atoms with E-state index in [0.717, 1.165) is 32.2 Å². The molecule has 0 radical (unpaired) electrons. The second-order valence-corrected chi connectivity index (χ2v) is 2.17. The largest absolute Gasteiger partial charge is 0.513 e. The zero-order valence-electron chi connectivity index (χ0n) is 7.77. The highest BCUT2D eigenvalue weighted by Crippen LogP contribution is 2.02. The molecule has 68 valence electrons. The molecule has 3 N–H and O–H groups in total. The summed E-state index contributed by atoms with van der Waals surface area (Å²) in [5.41, 5.74) is 5.26. The molecular weight excluding hydrogens is 138 g/mol. The number of allylic oxidation sites excluding steroid dienone is 1. The third kappa shape index (κ3) is 17.7. The smallest absolute Gasteiger partial charge is 0.0851 e. The first kappa shape index (κ1) is 13.1. The third-order valence-electron chi connectivity index (χ3n) is 1.17. The van der Waals surface area contributed by atoms with Gasteiger partial charge in [-0.1, -0.05) is 26.8 Å². The van der Waals surface area contributed by atoms with E-state index in [0.29, 0.717) is 0 Å². The molecule has 0 saturated carbocycles. The van der Waals surface area contributed by atoms with Crippen LogP contribution in [0.3, 0.4) is 0 Å². The minimum Gasteiger partial charge on any atom is -0.513 e. The lowest BCUT2D eigenvalue weighted by atomic mass is 10.2. The Labute approximate surface area is 70.1 Å². The summed E-state index contributed by atoms with van der Waals surface area (Å²) in [6.07, 6.45) is 3.87. The van der Waals surface area contributed by atoms with E-state index >= 15 is 0 Å². The molecule has 0 aliphatic carbocycles. The van der Waals surface area contributed by atoms with Crippen molar-refractivity contribution in [3.05, 3.63) is 12.3 Å². The summed E-state index contributed by atoms with van der Waals surface area (Å²) in [6, 6.07) is 0. The normalized spacial score (nSPS) is 8.27. The second kappa shape index (κ2) is 12.2. The number of unbranched alkanes of at least 4 members (excludes halogenated alkanes) is 2. The van der Waals surface area contributed by atoms with Crippen molar-refractivity contribution >= 4 is 0 Å². The fraction of sp³-hybridized carbons (Fsp3) is 0.778. The molecule has 0 bridgehead atoms. The Hall–Kier alpha value is -0.500. The molecule has 0 spiro atoms. The van der Waals surface area contributed by atoms with Crippen molar-refractivity contribution in [2.24, 2.45) is 5.73 Å². The molecule has 0 unspecified atom stereocenters. The quantitative estimate of drug-likeness (QED) is 0.478. The van der Waals surface area contributed by atoms with E-state index in [-0.39, 0.29) is 5.76 Å². The van der Waals surface area contributed by atoms with Gasteiger partial charge in [0.05, 0.1) is 5.76 Å². The molecule has 0 aromatic heterocycles. The van der Waals surface area contributed by atoms with Gasteiger partial charge in [0.25, 0.3) is 0 Å². The molecule has 0 amide bonds. The van der Waals surface area contributed by atoms with Gasteiger partial charge in [0.15, 0.2) is 0 Å². The van der Waals surface area contributed by atoms with Gasteiger partial charge in [-0.15, -0.1) is 0 Å². The highest BCUT2D eigenvalue weighted by Gasteiger charge is 1.88. The Bertz CT molecular complexity index is 81.6. The maximum atomic E-state index is 8.63. The number of aliphatic hydroxyl groups is 1. The molecular formula is C9H21NO. The lowest BCUT2D eigenvalue weighted by Gasteiger charge is -1.96. The van der Waals surface area contributed by atoms with E-state index in [1.165, 1.54) is 0 Å². The fourth-order valence-electron chi connectivity index (χ4n) is 0.650. The van der Waals surface area contributed by atoms with Crippen LogP contribution in [0.25, 0.3) is 0 Å². The van der Waals surface area contributed by atoms with Crippen molar-refractivity contribution in [2.45, 2.75) is 39.5 Å². The lowest BCUT2D eigenvalue weighted by Crippen LogP contribution is -1.97. The van der Waals surface area contributed by atoms with E-state index in [9.17, 15) is 0 Å². The standard InChI is InChI=1S/C7H15NO.C2H6/c1-7(9)5-3-2-4-6-8;1-2/h9H,1-6,8H2;1-2H3. The minimum absolute atomic E-state index is 0.284. The van der Waals surface area contributed by atoms with Gasteiger partial charge in [0.2, 0.25) is 0 Å². The van der Waals surface area contributed by atoms with E-state index < -0.39 is 0 Å². The van der Waals surface area contributed by atoms with Crippen molar-refractivity contribution in [2.75, 3.05) is 6.54 Å². The van der Waals surface area contributed by atoms with Gasteiger partial charge in [-0.05, 0) is 19.4 Å². The molecule has 0 rings (SSSR count). The van der Waals surface area contributed by atoms with Crippen LogP contribution in [0.15, 0.2) is 12.3 Å². The van der Waals surface area contributed by atoms with E-state index in [1.807, 2.05) is 13.8 Å². The number of aliphatic hydroxyl groups excluding tert-OH is 1. The summed E-state index contributed by atoms with van der Waals surface area (Å²) in [6.45, 7) is 8.12. The number of hydrogen-bond donors (Lipinski definition) is 2. The lowest BCUT2D eigenvalue weighted by molar-refractivity contribution is 0.384. The second-order valence-electron chi connectivity index (χ2n) is 2.17. The Morgan fingerprint density at radius 2 is 1.82 bits per heavy atom. The molecule has 0 saturated heterocycles. The molecule has 0 aliphatic rings. The summed E-state index contributed by atoms with van der Waals surface area (Å²) in [5, 5.41) is 8.63. The highest BCUT2D eigenvalue weighted by atomic mass is 16.3. The Kier molecular flexibility index (Phi) is 14.5. The van der Waals surface area contributed by atoms with Crippen molar-refractivity contribution in [3.63, 3.8) is 0 Å². The maximum Gasteiger partial charge on any atom is 0.0851 e. The predicted octanol–water partition coefficient (Wildman–Crippen LogP) is 2.60. The van der Waals surface area contributed by atoms with Crippen LogP contribution in [0, 0.1) is 0 Å². The van der Waals surface area contributed by atoms with E-state index in [1.54, 1.807) is 0 Å². The first-order valence-electron chi connectivity index (χ1n) is 4.34. The van der Waals surface area contributed by atoms with Crippen LogP contribution in [0.4, 0.5) is 0 Å². The fourth-order valence-corrected chi connectivity index (χ4v) is 0.650.